The smallest absolute Gasteiger partial charge is 0.317 e. The van der Waals surface area contributed by atoms with Crippen LogP contribution in [0.3, 0.4) is 0 Å². The number of hydrogen-bond acceptors (Lipinski definition) is 4. The monoisotopic (exact) mass is 327 g/mol. The average molecular weight is 327 g/mol. The van der Waals surface area contributed by atoms with E-state index in [1.54, 1.807) is 4.90 Å². The summed E-state index contributed by atoms with van der Waals surface area (Å²) in [5, 5.41) is 2.94. The third kappa shape index (κ3) is 6.65. The number of ether oxygens (including phenoxy) is 2. The first-order valence-corrected chi connectivity index (χ1v) is 9.07. The predicted octanol–water partition coefficient (Wildman–Crippen LogP) is 1.56. The minimum atomic E-state index is -0.0152. The minimum Gasteiger partial charge on any atom is -0.379 e. The molecule has 0 bridgehead atoms. The molecule has 6 heteroatoms. The second-order valence-corrected chi connectivity index (χ2v) is 6.78. The number of nitrogens with zero attached hydrogens (tertiary/aromatic N) is 2. The molecule has 2 aliphatic rings. The predicted molar refractivity (Wildman–Crippen MR) is 90.7 cm³/mol. The van der Waals surface area contributed by atoms with Gasteiger partial charge in [0, 0.05) is 39.8 Å². The van der Waals surface area contributed by atoms with Crippen molar-refractivity contribution in [1.82, 2.24) is 15.1 Å². The summed E-state index contributed by atoms with van der Waals surface area (Å²) < 4.78 is 11.3. The lowest BCUT2D eigenvalue weighted by atomic mass is 9.88. The highest BCUT2D eigenvalue weighted by Crippen LogP contribution is 2.25. The Labute approximate surface area is 140 Å². The fraction of sp³-hybridized carbons (Fsp3) is 0.941. The van der Waals surface area contributed by atoms with Crippen molar-refractivity contribution in [3.8, 4) is 0 Å². The van der Waals surface area contributed by atoms with Crippen LogP contribution in [0.25, 0.3) is 0 Å². The quantitative estimate of drug-likeness (QED) is 0.721. The van der Waals surface area contributed by atoms with Crippen LogP contribution in [0.4, 0.5) is 4.79 Å². The molecule has 0 aromatic rings. The highest BCUT2D eigenvalue weighted by atomic mass is 16.5. The normalized spacial score (nSPS) is 26.0. The molecule has 2 fully saturated rings. The highest BCUT2D eigenvalue weighted by Gasteiger charge is 2.21. The van der Waals surface area contributed by atoms with E-state index in [-0.39, 0.29) is 6.03 Å². The van der Waals surface area contributed by atoms with E-state index in [1.807, 2.05) is 7.05 Å². The molecule has 1 aliphatic carbocycles. The van der Waals surface area contributed by atoms with Crippen LogP contribution in [0, 0.1) is 5.92 Å². The fourth-order valence-corrected chi connectivity index (χ4v) is 3.25. The van der Waals surface area contributed by atoms with E-state index < -0.39 is 0 Å². The Morgan fingerprint density at radius 3 is 2.78 bits per heavy atom. The minimum absolute atomic E-state index is 0.0152. The number of urea groups is 1. The van der Waals surface area contributed by atoms with Crippen LogP contribution >= 0.6 is 0 Å². The van der Waals surface area contributed by atoms with E-state index in [0.29, 0.717) is 25.2 Å². The van der Waals surface area contributed by atoms with E-state index in [4.69, 9.17) is 9.47 Å². The van der Waals surface area contributed by atoms with Crippen molar-refractivity contribution in [2.24, 2.45) is 5.92 Å². The Bertz CT molecular complexity index is 348. The summed E-state index contributed by atoms with van der Waals surface area (Å²) in [5.74, 6) is 0.649. The number of rotatable bonds is 7. The molecular formula is C17H33N3O3. The lowest BCUT2D eigenvalue weighted by molar-refractivity contribution is -0.00272. The van der Waals surface area contributed by atoms with Crippen LogP contribution in [0.2, 0.25) is 0 Å². The van der Waals surface area contributed by atoms with Gasteiger partial charge in [-0.2, -0.15) is 0 Å². The maximum absolute atomic E-state index is 12.0. The van der Waals surface area contributed by atoms with Crippen LogP contribution < -0.4 is 5.32 Å². The summed E-state index contributed by atoms with van der Waals surface area (Å²) in [4.78, 5) is 16.1. The van der Waals surface area contributed by atoms with Crippen molar-refractivity contribution >= 4 is 6.03 Å². The Balaban J connectivity index is 1.53. The first-order chi connectivity index (χ1) is 11.2. The van der Waals surface area contributed by atoms with E-state index in [2.05, 4.69) is 17.1 Å². The van der Waals surface area contributed by atoms with Gasteiger partial charge in [-0.15, -0.1) is 0 Å². The zero-order valence-electron chi connectivity index (χ0n) is 14.8. The second-order valence-electron chi connectivity index (χ2n) is 6.78. The van der Waals surface area contributed by atoms with Gasteiger partial charge in [0.15, 0.2) is 0 Å². The number of hydrogen-bond donors (Lipinski definition) is 1. The van der Waals surface area contributed by atoms with Gasteiger partial charge in [0.25, 0.3) is 0 Å². The van der Waals surface area contributed by atoms with Crippen LogP contribution in [-0.4, -0.2) is 81.5 Å². The SMILES string of the molecule is C[C@@H]1CCCC[C@H]1OCCNC(=O)N(C)CCN1CCOCC1. The molecular weight excluding hydrogens is 294 g/mol. The van der Waals surface area contributed by atoms with Crippen molar-refractivity contribution in [2.75, 3.05) is 59.6 Å². The van der Waals surface area contributed by atoms with E-state index in [0.717, 1.165) is 45.8 Å². The van der Waals surface area contributed by atoms with E-state index in [9.17, 15) is 4.79 Å². The molecule has 1 heterocycles. The first kappa shape index (κ1) is 18.5. The van der Waals surface area contributed by atoms with Gasteiger partial charge >= 0.3 is 6.03 Å². The van der Waals surface area contributed by atoms with Gasteiger partial charge in [-0.25, -0.2) is 4.79 Å². The van der Waals surface area contributed by atoms with E-state index in [1.165, 1.54) is 19.3 Å². The fourth-order valence-electron chi connectivity index (χ4n) is 3.25. The third-order valence-electron chi connectivity index (χ3n) is 4.95. The Hall–Kier alpha value is -0.850. The molecule has 0 aromatic carbocycles. The zero-order chi connectivity index (χ0) is 16.5. The number of amides is 2. The van der Waals surface area contributed by atoms with Crippen molar-refractivity contribution in [3.63, 3.8) is 0 Å². The molecule has 134 valence electrons. The maximum atomic E-state index is 12.0. The summed E-state index contributed by atoms with van der Waals surface area (Å²) in [6.45, 7) is 8.63. The molecule has 1 saturated heterocycles. The van der Waals surface area contributed by atoms with Gasteiger partial charge in [0.1, 0.15) is 0 Å². The lowest BCUT2D eigenvalue weighted by Gasteiger charge is -2.29. The Morgan fingerprint density at radius 2 is 2.04 bits per heavy atom. The molecule has 23 heavy (non-hydrogen) atoms. The Morgan fingerprint density at radius 1 is 1.30 bits per heavy atom. The largest absolute Gasteiger partial charge is 0.379 e. The summed E-state index contributed by atoms with van der Waals surface area (Å²) >= 11 is 0. The van der Waals surface area contributed by atoms with Crippen molar-refractivity contribution in [1.29, 1.82) is 0 Å². The lowest BCUT2D eigenvalue weighted by Crippen LogP contribution is -2.45. The topological polar surface area (TPSA) is 54.0 Å². The molecule has 1 saturated carbocycles. The van der Waals surface area contributed by atoms with Crippen LogP contribution in [-0.2, 0) is 9.47 Å². The summed E-state index contributed by atoms with van der Waals surface area (Å²) in [7, 11) is 1.85. The average Bonchev–Trinajstić information content (AvgIpc) is 2.58. The van der Waals surface area contributed by atoms with Crippen molar-refractivity contribution in [2.45, 2.75) is 38.7 Å². The third-order valence-corrected chi connectivity index (χ3v) is 4.95. The molecule has 6 nitrogen and oxygen atoms in total. The molecule has 0 aromatic heterocycles. The molecule has 0 unspecified atom stereocenters. The van der Waals surface area contributed by atoms with Crippen LogP contribution in [0.5, 0.6) is 0 Å². The summed E-state index contributed by atoms with van der Waals surface area (Å²) in [5.41, 5.74) is 0. The zero-order valence-corrected chi connectivity index (χ0v) is 14.8. The second kappa shape index (κ2) is 10.1. The van der Waals surface area contributed by atoms with Gasteiger partial charge in [-0.05, 0) is 18.8 Å². The number of nitrogens with one attached hydrogen (secondary N) is 1. The number of morpholine rings is 1. The van der Waals surface area contributed by atoms with Crippen LogP contribution in [0.15, 0.2) is 0 Å². The molecule has 1 aliphatic heterocycles. The molecule has 2 atom stereocenters. The highest BCUT2D eigenvalue weighted by molar-refractivity contribution is 5.73. The first-order valence-electron chi connectivity index (χ1n) is 9.07. The van der Waals surface area contributed by atoms with Crippen LogP contribution in [0.1, 0.15) is 32.6 Å². The molecule has 0 spiro atoms. The molecule has 2 amide bonds. The maximum Gasteiger partial charge on any atom is 0.317 e. The number of carbonyl (C=O) groups excluding carboxylic acids is 1. The van der Waals surface area contributed by atoms with E-state index >= 15 is 0 Å². The number of likely N-dealkylation sites (N-methyl/N-ethyl adjacent to an activating group) is 1. The molecule has 0 radical (unpaired) electrons. The van der Waals surface area contributed by atoms with Crippen molar-refractivity contribution < 1.29 is 14.3 Å². The van der Waals surface area contributed by atoms with Gasteiger partial charge in [-0.3, -0.25) is 4.90 Å². The van der Waals surface area contributed by atoms with Gasteiger partial charge in [-0.1, -0.05) is 19.8 Å². The molecule has 2 rings (SSSR count). The van der Waals surface area contributed by atoms with Gasteiger partial charge in [0.2, 0.25) is 0 Å². The summed E-state index contributed by atoms with van der Waals surface area (Å²) in [6.07, 6.45) is 5.40. The van der Waals surface area contributed by atoms with Crippen molar-refractivity contribution in [3.05, 3.63) is 0 Å². The Kier molecular flexibility index (Phi) is 8.12. The van der Waals surface area contributed by atoms with Gasteiger partial charge < -0.3 is 19.7 Å². The molecule has 1 N–H and O–H groups in total. The summed E-state index contributed by atoms with van der Waals surface area (Å²) in [6, 6.07) is -0.0152. The van der Waals surface area contributed by atoms with Gasteiger partial charge in [0.05, 0.1) is 25.9 Å². The number of carbonyl (C=O) groups is 1. The standard InChI is InChI=1S/C17H33N3O3/c1-15-5-3-4-6-16(15)23-12-7-18-17(21)19(2)8-9-20-10-13-22-14-11-20/h15-16H,3-14H2,1-2H3,(H,18,21)/t15-,16-/m1/s1.